The van der Waals surface area contributed by atoms with Crippen LogP contribution in [0.25, 0.3) is 0 Å². The summed E-state index contributed by atoms with van der Waals surface area (Å²) < 4.78 is 9.74. The summed E-state index contributed by atoms with van der Waals surface area (Å²) in [5.74, 6) is 0.0866. The molecule has 5 nitrogen and oxygen atoms in total. The van der Waals surface area contributed by atoms with E-state index >= 15 is 0 Å². The van der Waals surface area contributed by atoms with Gasteiger partial charge >= 0.3 is 5.97 Å². The predicted molar refractivity (Wildman–Crippen MR) is 57.9 cm³/mol. The fourth-order valence-electron chi connectivity index (χ4n) is 1.10. The number of ether oxygens (including phenoxy) is 2. The third kappa shape index (κ3) is 3.52. The van der Waals surface area contributed by atoms with Gasteiger partial charge in [0.1, 0.15) is 18.4 Å². The maximum absolute atomic E-state index is 11.0. The molecule has 16 heavy (non-hydrogen) atoms. The van der Waals surface area contributed by atoms with Gasteiger partial charge in [0.25, 0.3) is 0 Å². The molecule has 0 radical (unpaired) electrons. The number of carbonyl (C=O) groups excluding carboxylic acids is 1. The average Bonchev–Trinajstić information content (AvgIpc) is 2.35. The van der Waals surface area contributed by atoms with E-state index in [0.29, 0.717) is 5.75 Å². The van der Waals surface area contributed by atoms with E-state index in [2.05, 4.69) is 4.74 Å². The summed E-state index contributed by atoms with van der Waals surface area (Å²) in [6.07, 6.45) is 0. The van der Waals surface area contributed by atoms with E-state index in [1.54, 1.807) is 24.3 Å². The van der Waals surface area contributed by atoms with E-state index < -0.39 is 12.0 Å². The molecule has 0 aliphatic rings. The van der Waals surface area contributed by atoms with E-state index in [9.17, 15) is 4.79 Å². The van der Waals surface area contributed by atoms with Crippen molar-refractivity contribution in [2.45, 2.75) is 12.6 Å². The zero-order chi connectivity index (χ0) is 12.0. The lowest BCUT2D eigenvalue weighted by atomic mass is 10.2. The molecule has 0 heterocycles. The number of carbonyl (C=O) groups is 1. The minimum atomic E-state index is -0.789. The standard InChI is InChI=1S/C11H15NO4/c1-15-11(14)10(12)7-16-9-4-2-8(6-13)3-5-9/h2-5,10,13H,6-7,12H2,1H3. The van der Waals surface area contributed by atoms with E-state index in [-0.39, 0.29) is 13.2 Å². The van der Waals surface area contributed by atoms with Gasteiger partial charge in [0.05, 0.1) is 13.7 Å². The molecular weight excluding hydrogens is 210 g/mol. The zero-order valence-electron chi connectivity index (χ0n) is 9.05. The van der Waals surface area contributed by atoms with Gasteiger partial charge in [0, 0.05) is 0 Å². The molecule has 0 aliphatic heterocycles. The van der Waals surface area contributed by atoms with Crippen molar-refractivity contribution in [3.05, 3.63) is 29.8 Å². The van der Waals surface area contributed by atoms with Crippen LogP contribution in [0.1, 0.15) is 5.56 Å². The monoisotopic (exact) mass is 225 g/mol. The molecule has 0 aromatic heterocycles. The highest BCUT2D eigenvalue weighted by Crippen LogP contribution is 2.12. The lowest BCUT2D eigenvalue weighted by molar-refractivity contribution is -0.142. The Balaban J connectivity index is 2.45. The molecule has 1 rings (SSSR count). The summed E-state index contributed by atoms with van der Waals surface area (Å²) in [5.41, 5.74) is 6.29. The first kappa shape index (κ1) is 12.5. The van der Waals surface area contributed by atoms with E-state index in [1.807, 2.05) is 0 Å². The van der Waals surface area contributed by atoms with Gasteiger partial charge < -0.3 is 20.3 Å². The summed E-state index contributed by atoms with van der Waals surface area (Å²) in [6, 6.07) is 6.09. The van der Waals surface area contributed by atoms with Gasteiger partial charge in [-0.05, 0) is 17.7 Å². The number of benzene rings is 1. The van der Waals surface area contributed by atoms with Crippen molar-refractivity contribution < 1.29 is 19.4 Å². The Kier molecular flexibility index (Phi) is 4.75. The topological polar surface area (TPSA) is 81.8 Å². The van der Waals surface area contributed by atoms with E-state index in [1.165, 1.54) is 7.11 Å². The number of aliphatic hydroxyl groups excluding tert-OH is 1. The summed E-state index contributed by atoms with van der Waals surface area (Å²) in [6.45, 7) is 0.0487. The largest absolute Gasteiger partial charge is 0.491 e. The number of aliphatic hydroxyl groups is 1. The second kappa shape index (κ2) is 6.09. The number of hydrogen-bond acceptors (Lipinski definition) is 5. The summed E-state index contributed by atoms with van der Waals surface area (Å²) in [4.78, 5) is 11.0. The first-order valence-corrected chi connectivity index (χ1v) is 4.83. The molecule has 0 bridgehead atoms. The molecule has 1 atom stereocenters. The van der Waals surface area contributed by atoms with Crippen LogP contribution in [-0.2, 0) is 16.1 Å². The predicted octanol–water partition coefficient (Wildman–Crippen LogP) is 0.0580. The summed E-state index contributed by atoms with van der Waals surface area (Å²) in [7, 11) is 1.28. The number of methoxy groups -OCH3 is 1. The van der Waals surface area contributed by atoms with Crippen LogP contribution in [-0.4, -0.2) is 30.8 Å². The van der Waals surface area contributed by atoms with Crippen molar-refractivity contribution in [3.63, 3.8) is 0 Å². The Bertz CT molecular complexity index is 336. The molecule has 1 aromatic rings. The number of esters is 1. The van der Waals surface area contributed by atoms with E-state index in [0.717, 1.165) is 5.56 Å². The van der Waals surface area contributed by atoms with Gasteiger partial charge in [-0.25, -0.2) is 0 Å². The molecule has 3 N–H and O–H groups in total. The third-order valence-electron chi connectivity index (χ3n) is 2.04. The molecule has 88 valence electrons. The molecule has 5 heteroatoms. The lowest BCUT2D eigenvalue weighted by Crippen LogP contribution is -2.37. The molecule has 0 amide bonds. The summed E-state index contributed by atoms with van der Waals surface area (Å²) >= 11 is 0. The normalized spacial score (nSPS) is 11.9. The molecule has 0 aliphatic carbocycles. The second-order valence-corrected chi connectivity index (χ2v) is 3.24. The van der Waals surface area contributed by atoms with Crippen LogP contribution in [0.5, 0.6) is 5.75 Å². The number of hydrogen-bond donors (Lipinski definition) is 2. The zero-order valence-corrected chi connectivity index (χ0v) is 9.05. The molecule has 0 saturated carbocycles. The first-order valence-electron chi connectivity index (χ1n) is 4.83. The third-order valence-corrected chi connectivity index (χ3v) is 2.04. The Morgan fingerprint density at radius 3 is 2.56 bits per heavy atom. The minimum absolute atomic E-state index is 0.0119. The van der Waals surface area contributed by atoms with Crippen molar-refractivity contribution in [1.29, 1.82) is 0 Å². The van der Waals surface area contributed by atoms with Crippen molar-refractivity contribution in [1.82, 2.24) is 0 Å². The Morgan fingerprint density at radius 1 is 1.44 bits per heavy atom. The second-order valence-electron chi connectivity index (χ2n) is 3.24. The fourth-order valence-corrected chi connectivity index (χ4v) is 1.10. The first-order chi connectivity index (χ1) is 7.67. The van der Waals surface area contributed by atoms with Gasteiger partial charge in [0.2, 0.25) is 0 Å². The Hall–Kier alpha value is -1.59. The SMILES string of the molecule is COC(=O)C(N)COc1ccc(CO)cc1. The van der Waals surface area contributed by atoms with Gasteiger partial charge in [0.15, 0.2) is 0 Å². The molecule has 1 aromatic carbocycles. The smallest absolute Gasteiger partial charge is 0.326 e. The van der Waals surface area contributed by atoms with Crippen LogP contribution >= 0.6 is 0 Å². The van der Waals surface area contributed by atoms with Crippen LogP contribution in [0.15, 0.2) is 24.3 Å². The van der Waals surface area contributed by atoms with Gasteiger partial charge in [-0.3, -0.25) is 4.79 Å². The lowest BCUT2D eigenvalue weighted by Gasteiger charge is -2.11. The van der Waals surface area contributed by atoms with E-state index in [4.69, 9.17) is 15.6 Å². The van der Waals surface area contributed by atoms with Crippen LogP contribution in [0.4, 0.5) is 0 Å². The van der Waals surface area contributed by atoms with Gasteiger partial charge in [-0.2, -0.15) is 0 Å². The van der Waals surface area contributed by atoms with Crippen LogP contribution in [0.3, 0.4) is 0 Å². The molecule has 0 fully saturated rings. The molecule has 0 saturated heterocycles. The van der Waals surface area contributed by atoms with Crippen molar-refractivity contribution in [2.75, 3.05) is 13.7 Å². The minimum Gasteiger partial charge on any atom is -0.491 e. The van der Waals surface area contributed by atoms with Crippen LogP contribution in [0, 0.1) is 0 Å². The van der Waals surface area contributed by atoms with Crippen molar-refractivity contribution >= 4 is 5.97 Å². The highest BCUT2D eigenvalue weighted by atomic mass is 16.5. The highest BCUT2D eigenvalue weighted by molar-refractivity contribution is 5.75. The number of rotatable bonds is 5. The van der Waals surface area contributed by atoms with Crippen LogP contribution in [0.2, 0.25) is 0 Å². The van der Waals surface area contributed by atoms with Gasteiger partial charge in [-0.1, -0.05) is 12.1 Å². The maximum atomic E-state index is 11.0. The Morgan fingerprint density at radius 2 is 2.06 bits per heavy atom. The number of nitrogens with two attached hydrogens (primary N) is 1. The Labute approximate surface area is 93.8 Å². The van der Waals surface area contributed by atoms with Crippen molar-refractivity contribution in [3.8, 4) is 5.75 Å². The molecule has 1 unspecified atom stereocenters. The van der Waals surface area contributed by atoms with Gasteiger partial charge in [-0.15, -0.1) is 0 Å². The quantitative estimate of drug-likeness (QED) is 0.692. The highest BCUT2D eigenvalue weighted by Gasteiger charge is 2.13. The maximum Gasteiger partial charge on any atom is 0.326 e. The fraction of sp³-hybridized carbons (Fsp3) is 0.364. The average molecular weight is 225 g/mol. The van der Waals surface area contributed by atoms with Crippen molar-refractivity contribution in [2.24, 2.45) is 5.73 Å². The molecule has 0 spiro atoms. The molecular formula is C11H15NO4. The summed E-state index contributed by atoms with van der Waals surface area (Å²) in [5, 5.41) is 8.83. The van der Waals surface area contributed by atoms with Crippen LogP contribution < -0.4 is 10.5 Å².